The summed E-state index contributed by atoms with van der Waals surface area (Å²) in [7, 11) is 0. The molecular weight excluding hydrogens is 255 g/mol. The van der Waals surface area contributed by atoms with Gasteiger partial charge >= 0.3 is 0 Å². The topological polar surface area (TPSA) is 35.0 Å². The molecule has 0 spiro atoms. The molecule has 3 nitrogen and oxygen atoms in total. The maximum Gasteiger partial charge on any atom is 0.217 e. The summed E-state index contributed by atoms with van der Waals surface area (Å²) in [6, 6.07) is 8.52. The van der Waals surface area contributed by atoms with E-state index in [-0.39, 0.29) is 5.82 Å². The van der Waals surface area contributed by atoms with Crippen LogP contribution in [0.3, 0.4) is 0 Å². The molecule has 2 aromatic rings. The summed E-state index contributed by atoms with van der Waals surface area (Å²) in [4.78, 5) is 8.17. The van der Waals surface area contributed by atoms with Crippen molar-refractivity contribution in [3.63, 3.8) is 0 Å². The highest BCUT2D eigenvalue weighted by Crippen LogP contribution is 2.12. The van der Waals surface area contributed by atoms with Crippen molar-refractivity contribution in [2.24, 2.45) is 0 Å². The second-order valence-electron chi connectivity index (χ2n) is 4.15. The molecule has 0 N–H and O–H groups in total. The van der Waals surface area contributed by atoms with Gasteiger partial charge in [0.25, 0.3) is 0 Å². The zero-order chi connectivity index (χ0) is 14.2. The van der Waals surface area contributed by atoms with E-state index in [0.29, 0.717) is 30.9 Å². The Labute approximate surface area is 117 Å². The second kappa shape index (κ2) is 7.25. The van der Waals surface area contributed by atoms with E-state index in [4.69, 9.17) is 4.74 Å². The van der Waals surface area contributed by atoms with Gasteiger partial charge in [-0.25, -0.2) is 14.4 Å². The third kappa shape index (κ3) is 4.06. The number of ether oxygens (including phenoxy) is 1. The van der Waals surface area contributed by atoms with Crippen LogP contribution in [-0.2, 0) is 12.8 Å². The molecule has 0 amide bonds. The molecule has 1 aromatic heterocycles. The minimum absolute atomic E-state index is 0.184. The molecule has 4 heteroatoms. The Morgan fingerprint density at radius 2 is 2.05 bits per heavy atom. The fourth-order valence-corrected chi connectivity index (χ4v) is 1.74. The predicted molar refractivity (Wildman–Crippen MR) is 74.8 cm³/mol. The van der Waals surface area contributed by atoms with Gasteiger partial charge in [0, 0.05) is 11.8 Å². The molecule has 2 rings (SSSR count). The van der Waals surface area contributed by atoms with Crippen LogP contribution >= 0.6 is 0 Å². The average Bonchev–Trinajstić information content (AvgIpc) is 2.47. The van der Waals surface area contributed by atoms with Gasteiger partial charge in [0.15, 0.2) is 6.61 Å². The Morgan fingerprint density at radius 1 is 1.20 bits per heavy atom. The van der Waals surface area contributed by atoms with E-state index < -0.39 is 0 Å². The zero-order valence-corrected chi connectivity index (χ0v) is 11.3. The van der Waals surface area contributed by atoms with Crippen LogP contribution in [0.1, 0.15) is 18.2 Å². The van der Waals surface area contributed by atoms with Gasteiger partial charge in [0.2, 0.25) is 5.88 Å². The minimum atomic E-state index is -0.184. The molecule has 102 valence electrons. The Bertz CT molecular complexity index is 632. The van der Waals surface area contributed by atoms with Crippen LogP contribution in [0.25, 0.3) is 0 Å². The second-order valence-corrected chi connectivity index (χ2v) is 4.15. The van der Waals surface area contributed by atoms with Crippen molar-refractivity contribution in [1.29, 1.82) is 0 Å². The molecule has 0 atom stereocenters. The van der Waals surface area contributed by atoms with Gasteiger partial charge in [-0.1, -0.05) is 24.1 Å². The number of nitrogens with zero attached hydrogens (tertiary/aromatic N) is 2. The fourth-order valence-electron chi connectivity index (χ4n) is 1.74. The summed E-state index contributed by atoms with van der Waals surface area (Å²) in [6.07, 6.45) is 2.68. The highest BCUT2D eigenvalue weighted by atomic mass is 19.1. The molecule has 0 aliphatic carbocycles. The van der Waals surface area contributed by atoms with Crippen molar-refractivity contribution >= 4 is 0 Å². The smallest absolute Gasteiger partial charge is 0.217 e. The van der Waals surface area contributed by atoms with Crippen LogP contribution < -0.4 is 4.74 Å². The summed E-state index contributed by atoms with van der Waals surface area (Å²) in [5.74, 6) is 5.85. The summed E-state index contributed by atoms with van der Waals surface area (Å²) >= 11 is 0. The molecule has 0 fully saturated rings. The Morgan fingerprint density at radius 3 is 2.85 bits per heavy atom. The lowest BCUT2D eigenvalue weighted by Crippen LogP contribution is -2.01. The summed E-state index contributed by atoms with van der Waals surface area (Å²) < 4.78 is 18.9. The van der Waals surface area contributed by atoms with Gasteiger partial charge < -0.3 is 4.74 Å². The minimum Gasteiger partial charge on any atom is -0.464 e. The van der Waals surface area contributed by atoms with Crippen molar-refractivity contribution < 1.29 is 9.13 Å². The first-order chi connectivity index (χ1) is 9.79. The SMILES string of the molecule is CC#CCOc1cc(CCc2ccccc2F)ncn1. The van der Waals surface area contributed by atoms with Crippen molar-refractivity contribution in [2.45, 2.75) is 19.8 Å². The highest BCUT2D eigenvalue weighted by molar-refractivity contribution is 5.20. The van der Waals surface area contributed by atoms with E-state index in [1.54, 1.807) is 25.1 Å². The molecule has 0 saturated heterocycles. The van der Waals surface area contributed by atoms with Crippen LogP contribution in [0.2, 0.25) is 0 Å². The van der Waals surface area contributed by atoms with Crippen molar-refractivity contribution in [1.82, 2.24) is 9.97 Å². The fraction of sp³-hybridized carbons (Fsp3) is 0.250. The first-order valence-corrected chi connectivity index (χ1v) is 6.36. The van der Waals surface area contributed by atoms with Gasteiger partial charge in [0.05, 0.1) is 0 Å². The summed E-state index contributed by atoms with van der Waals surface area (Å²) in [5.41, 5.74) is 1.51. The number of rotatable bonds is 5. The van der Waals surface area contributed by atoms with Crippen LogP contribution in [0.4, 0.5) is 4.39 Å². The van der Waals surface area contributed by atoms with Gasteiger partial charge in [-0.3, -0.25) is 0 Å². The van der Waals surface area contributed by atoms with Gasteiger partial charge in [-0.15, -0.1) is 5.92 Å². The van der Waals surface area contributed by atoms with E-state index >= 15 is 0 Å². The first-order valence-electron chi connectivity index (χ1n) is 6.36. The Hall–Kier alpha value is -2.41. The highest BCUT2D eigenvalue weighted by Gasteiger charge is 2.04. The van der Waals surface area contributed by atoms with E-state index in [9.17, 15) is 4.39 Å². The standard InChI is InChI=1S/C16H15FN2O/c1-2-3-10-20-16-11-14(18-12-19-16)9-8-13-6-4-5-7-15(13)17/h4-7,11-12H,8-10H2,1H3. The summed E-state index contributed by atoms with van der Waals surface area (Å²) in [6.45, 7) is 2.06. The van der Waals surface area contributed by atoms with E-state index in [1.807, 2.05) is 6.07 Å². The molecule has 0 bridgehead atoms. The molecule has 1 aromatic carbocycles. The van der Waals surface area contributed by atoms with Crippen LogP contribution in [0.5, 0.6) is 5.88 Å². The van der Waals surface area contributed by atoms with E-state index in [1.165, 1.54) is 12.4 Å². The number of aromatic nitrogens is 2. The lowest BCUT2D eigenvalue weighted by atomic mass is 10.1. The number of hydrogen-bond donors (Lipinski definition) is 0. The molecular formula is C16H15FN2O. The third-order valence-corrected chi connectivity index (χ3v) is 2.78. The molecule has 0 aliphatic heterocycles. The lowest BCUT2D eigenvalue weighted by molar-refractivity contribution is 0.354. The quantitative estimate of drug-likeness (QED) is 0.784. The largest absolute Gasteiger partial charge is 0.464 e. The number of halogens is 1. The average molecular weight is 270 g/mol. The van der Waals surface area contributed by atoms with Crippen LogP contribution in [0, 0.1) is 17.7 Å². The molecule has 20 heavy (non-hydrogen) atoms. The first kappa shape index (κ1) is 14.0. The zero-order valence-electron chi connectivity index (χ0n) is 11.3. The summed E-state index contributed by atoms with van der Waals surface area (Å²) in [5, 5.41) is 0. The molecule has 1 heterocycles. The van der Waals surface area contributed by atoms with Crippen LogP contribution in [0.15, 0.2) is 36.7 Å². The van der Waals surface area contributed by atoms with Crippen molar-refractivity contribution in [3.05, 3.63) is 53.7 Å². The van der Waals surface area contributed by atoms with Crippen LogP contribution in [-0.4, -0.2) is 16.6 Å². The molecule has 0 radical (unpaired) electrons. The molecule has 0 saturated carbocycles. The maximum atomic E-state index is 13.5. The van der Waals surface area contributed by atoms with E-state index in [2.05, 4.69) is 21.8 Å². The van der Waals surface area contributed by atoms with Crippen molar-refractivity contribution in [2.75, 3.05) is 6.61 Å². The Balaban J connectivity index is 1.97. The molecule has 0 unspecified atom stereocenters. The predicted octanol–water partition coefficient (Wildman–Crippen LogP) is 2.80. The third-order valence-electron chi connectivity index (χ3n) is 2.78. The Kier molecular flexibility index (Phi) is 5.08. The van der Waals surface area contributed by atoms with Crippen molar-refractivity contribution in [3.8, 4) is 17.7 Å². The van der Waals surface area contributed by atoms with Gasteiger partial charge in [-0.05, 0) is 31.4 Å². The van der Waals surface area contributed by atoms with Gasteiger partial charge in [-0.2, -0.15) is 0 Å². The van der Waals surface area contributed by atoms with Gasteiger partial charge in [0.1, 0.15) is 12.1 Å². The maximum absolute atomic E-state index is 13.5. The number of aryl methyl sites for hydroxylation is 2. The molecule has 0 aliphatic rings. The monoisotopic (exact) mass is 270 g/mol. The normalized spacial score (nSPS) is 9.70. The van der Waals surface area contributed by atoms with E-state index in [0.717, 1.165) is 5.69 Å². The lowest BCUT2D eigenvalue weighted by Gasteiger charge is -2.05. The number of benzene rings is 1. The number of hydrogen-bond acceptors (Lipinski definition) is 3.